The van der Waals surface area contributed by atoms with E-state index in [9.17, 15) is 13.2 Å². The lowest BCUT2D eigenvalue weighted by Gasteiger charge is -2.27. The molecule has 134 valence electrons. The highest BCUT2D eigenvalue weighted by molar-refractivity contribution is 7.91. The molecule has 3 rings (SSSR count). The van der Waals surface area contributed by atoms with Gasteiger partial charge in [0.25, 0.3) is 0 Å². The van der Waals surface area contributed by atoms with Gasteiger partial charge < -0.3 is 20.1 Å². The average Bonchev–Trinajstić information content (AvgIpc) is 2.51. The van der Waals surface area contributed by atoms with Gasteiger partial charge in [-0.15, -0.1) is 12.4 Å². The average molecular weight is 377 g/mol. The summed E-state index contributed by atoms with van der Waals surface area (Å²) in [6.07, 6.45) is -0.0447. The molecule has 24 heavy (non-hydrogen) atoms. The van der Waals surface area contributed by atoms with Crippen molar-refractivity contribution < 1.29 is 22.7 Å². The Kier molecular flexibility index (Phi) is 6.31. The van der Waals surface area contributed by atoms with Crippen molar-refractivity contribution in [3.63, 3.8) is 0 Å². The third-order valence-corrected chi connectivity index (χ3v) is 5.64. The zero-order valence-electron chi connectivity index (χ0n) is 13.1. The van der Waals surface area contributed by atoms with E-state index in [1.807, 2.05) is 0 Å². The Morgan fingerprint density at radius 2 is 1.92 bits per heavy atom. The van der Waals surface area contributed by atoms with Crippen LogP contribution in [-0.4, -0.2) is 52.9 Å². The summed E-state index contributed by atoms with van der Waals surface area (Å²) in [5.41, 5.74) is 0. The number of halogens is 1. The zero-order valence-corrected chi connectivity index (χ0v) is 14.7. The second-order valence-corrected chi connectivity index (χ2v) is 7.81. The third-order valence-electron chi connectivity index (χ3n) is 3.92. The lowest BCUT2D eigenvalue weighted by atomic mass is 10.0. The Labute approximate surface area is 147 Å². The second kappa shape index (κ2) is 8.04. The molecule has 1 saturated heterocycles. The molecule has 2 heterocycles. The van der Waals surface area contributed by atoms with Crippen molar-refractivity contribution in [3.05, 3.63) is 18.2 Å². The van der Waals surface area contributed by atoms with E-state index in [2.05, 4.69) is 10.6 Å². The van der Waals surface area contributed by atoms with Crippen molar-refractivity contribution >= 4 is 28.2 Å². The van der Waals surface area contributed by atoms with E-state index in [1.54, 1.807) is 6.07 Å². The van der Waals surface area contributed by atoms with E-state index in [-0.39, 0.29) is 35.4 Å². The van der Waals surface area contributed by atoms with Crippen LogP contribution in [0, 0.1) is 5.92 Å². The topological polar surface area (TPSA) is 93.7 Å². The van der Waals surface area contributed by atoms with Crippen molar-refractivity contribution in [2.45, 2.75) is 11.3 Å². The maximum Gasteiger partial charge on any atom is 0.221 e. The summed E-state index contributed by atoms with van der Waals surface area (Å²) < 4.78 is 35.4. The van der Waals surface area contributed by atoms with Gasteiger partial charge in [0.2, 0.25) is 5.91 Å². The Hall–Kier alpha value is -1.51. The van der Waals surface area contributed by atoms with Crippen LogP contribution >= 0.6 is 12.4 Å². The molecule has 1 amide bonds. The number of carbonyl (C=O) groups excluding carboxylic acids is 1. The largest absolute Gasteiger partial charge is 0.486 e. The van der Waals surface area contributed by atoms with Crippen LogP contribution in [0.3, 0.4) is 0 Å². The number of hydrogen-bond donors (Lipinski definition) is 2. The molecule has 2 aliphatic heterocycles. The molecule has 2 N–H and O–H groups in total. The molecule has 0 radical (unpaired) electrons. The lowest BCUT2D eigenvalue weighted by Crippen LogP contribution is -2.48. The first-order chi connectivity index (χ1) is 11.0. The van der Waals surface area contributed by atoms with Crippen LogP contribution in [0.15, 0.2) is 23.1 Å². The highest BCUT2D eigenvalue weighted by Crippen LogP contribution is 2.32. The molecule has 7 nitrogen and oxygen atoms in total. The van der Waals surface area contributed by atoms with Gasteiger partial charge in [-0.05, 0) is 12.1 Å². The summed E-state index contributed by atoms with van der Waals surface area (Å²) in [4.78, 5) is 11.9. The molecule has 0 spiro atoms. The van der Waals surface area contributed by atoms with Gasteiger partial charge >= 0.3 is 0 Å². The van der Waals surface area contributed by atoms with Crippen LogP contribution in [0.25, 0.3) is 0 Å². The van der Waals surface area contributed by atoms with E-state index >= 15 is 0 Å². The zero-order chi connectivity index (χ0) is 16.3. The van der Waals surface area contributed by atoms with E-state index in [4.69, 9.17) is 9.47 Å². The minimum atomic E-state index is -3.53. The summed E-state index contributed by atoms with van der Waals surface area (Å²) in [6, 6.07) is 4.54. The summed E-state index contributed by atoms with van der Waals surface area (Å²) in [7, 11) is -3.53. The molecule has 0 aromatic heterocycles. The maximum atomic E-state index is 12.3. The molecule has 9 heteroatoms. The molecule has 0 aliphatic carbocycles. The number of rotatable bonds is 6. The van der Waals surface area contributed by atoms with Crippen LogP contribution in [-0.2, 0) is 14.6 Å². The highest BCUT2D eigenvalue weighted by atomic mass is 35.5. The number of amides is 1. The molecule has 0 unspecified atom stereocenters. The fraction of sp³-hybridized carbons (Fsp3) is 0.533. The predicted molar refractivity (Wildman–Crippen MR) is 90.7 cm³/mol. The lowest BCUT2D eigenvalue weighted by molar-refractivity contribution is -0.120. The number of benzene rings is 1. The van der Waals surface area contributed by atoms with Gasteiger partial charge in [0.1, 0.15) is 13.2 Å². The quantitative estimate of drug-likeness (QED) is 0.745. The molecule has 0 bridgehead atoms. The molecule has 1 aromatic carbocycles. The second-order valence-electron chi connectivity index (χ2n) is 5.70. The number of carbonyl (C=O) groups is 1. The Morgan fingerprint density at radius 3 is 2.58 bits per heavy atom. The van der Waals surface area contributed by atoms with Crippen molar-refractivity contribution in [2.75, 3.05) is 38.6 Å². The van der Waals surface area contributed by atoms with Crippen LogP contribution in [0.1, 0.15) is 6.42 Å². The number of fused-ring (bicyclic) bond motifs is 1. The first-order valence-electron chi connectivity index (χ1n) is 7.64. The van der Waals surface area contributed by atoms with Gasteiger partial charge in [0.05, 0.1) is 10.6 Å². The van der Waals surface area contributed by atoms with Gasteiger partial charge in [-0.25, -0.2) is 8.42 Å². The van der Waals surface area contributed by atoms with Crippen LogP contribution in [0.5, 0.6) is 11.5 Å². The normalized spacial score (nSPS) is 16.7. The van der Waals surface area contributed by atoms with E-state index in [0.29, 0.717) is 37.2 Å². The fourth-order valence-corrected chi connectivity index (χ4v) is 3.65. The van der Waals surface area contributed by atoms with Gasteiger partial charge in [0, 0.05) is 38.0 Å². The molecule has 2 aliphatic rings. The Morgan fingerprint density at radius 1 is 1.21 bits per heavy atom. The number of nitrogens with one attached hydrogen (secondary N) is 2. The van der Waals surface area contributed by atoms with Crippen LogP contribution < -0.4 is 20.1 Å². The minimum absolute atomic E-state index is 0. The summed E-state index contributed by atoms with van der Waals surface area (Å²) in [5.74, 6) is 0.967. The van der Waals surface area contributed by atoms with Crippen LogP contribution in [0.2, 0.25) is 0 Å². The smallest absolute Gasteiger partial charge is 0.221 e. The molecule has 0 atom stereocenters. The summed E-state index contributed by atoms with van der Waals surface area (Å²) >= 11 is 0. The minimum Gasteiger partial charge on any atom is -0.486 e. The van der Waals surface area contributed by atoms with Gasteiger partial charge in [-0.3, -0.25) is 4.79 Å². The standard InChI is InChI=1S/C15H20N2O5S.ClH/c18-15(17-10-11-8-16-9-11)3-6-23(19,20)12-1-2-13-14(7-12)22-5-4-21-13;/h1-2,7,11,16H,3-6,8-10H2,(H,17,18);1H. The van der Waals surface area contributed by atoms with Gasteiger partial charge in [0.15, 0.2) is 21.3 Å². The maximum absolute atomic E-state index is 12.3. The number of ether oxygens (including phenoxy) is 2. The van der Waals surface area contributed by atoms with E-state index in [1.165, 1.54) is 12.1 Å². The fourth-order valence-electron chi connectivity index (χ4n) is 2.40. The summed E-state index contributed by atoms with van der Waals surface area (Å²) in [6.45, 7) is 3.24. The van der Waals surface area contributed by atoms with E-state index < -0.39 is 9.84 Å². The predicted octanol–water partition coefficient (Wildman–Crippen LogP) is 0.379. The van der Waals surface area contributed by atoms with Crippen molar-refractivity contribution in [1.29, 1.82) is 0 Å². The first-order valence-corrected chi connectivity index (χ1v) is 9.30. The summed E-state index contributed by atoms with van der Waals surface area (Å²) in [5, 5.41) is 5.89. The molecular weight excluding hydrogens is 356 g/mol. The monoisotopic (exact) mass is 376 g/mol. The van der Waals surface area contributed by atoms with E-state index in [0.717, 1.165) is 13.1 Å². The number of hydrogen-bond acceptors (Lipinski definition) is 6. The first kappa shape index (κ1) is 18.8. The molecule has 0 saturated carbocycles. The Bertz CT molecular complexity index is 691. The third kappa shape index (κ3) is 4.52. The Balaban J connectivity index is 0.00000208. The molecule has 1 aromatic rings. The number of sulfone groups is 1. The SMILES string of the molecule is Cl.O=C(CCS(=O)(=O)c1ccc2c(c1)OCCO2)NCC1CNC1. The molecular formula is C15H21ClN2O5S. The highest BCUT2D eigenvalue weighted by Gasteiger charge is 2.21. The van der Waals surface area contributed by atoms with Crippen molar-refractivity contribution in [2.24, 2.45) is 5.92 Å². The van der Waals surface area contributed by atoms with Crippen LogP contribution in [0.4, 0.5) is 0 Å². The van der Waals surface area contributed by atoms with Gasteiger partial charge in [-0.2, -0.15) is 0 Å². The van der Waals surface area contributed by atoms with Gasteiger partial charge in [-0.1, -0.05) is 0 Å². The van der Waals surface area contributed by atoms with Crippen molar-refractivity contribution in [1.82, 2.24) is 10.6 Å². The molecule has 1 fully saturated rings. The van der Waals surface area contributed by atoms with Crippen molar-refractivity contribution in [3.8, 4) is 11.5 Å².